The van der Waals surface area contributed by atoms with Gasteiger partial charge in [0, 0.05) is 37.3 Å². The molecule has 2 aromatic rings. The molecule has 0 radical (unpaired) electrons. The van der Waals surface area contributed by atoms with Gasteiger partial charge in [0.25, 0.3) is 11.8 Å². The zero-order valence-corrected chi connectivity index (χ0v) is 25.1. The van der Waals surface area contributed by atoms with Crippen LogP contribution in [0.15, 0.2) is 41.4 Å². The van der Waals surface area contributed by atoms with Gasteiger partial charge in [-0.2, -0.15) is 10.7 Å². The lowest BCUT2D eigenvalue weighted by Crippen LogP contribution is -2.51. The number of nitriles is 1. The molecule has 12 nitrogen and oxygen atoms in total. The van der Waals surface area contributed by atoms with Crippen molar-refractivity contribution < 1.29 is 19.5 Å². The van der Waals surface area contributed by atoms with Crippen LogP contribution in [-0.4, -0.2) is 78.7 Å². The molecule has 2 heterocycles. The van der Waals surface area contributed by atoms with Crippen molar-refractivity contribution in [2.24, 2.45) is 10.9 Å². The summed E-state index contributed by atoms with van der Waals surface area (Å²) in [7, 11) is 3.19. The van der Waals surface area contributed by atoms with Gasteiger partial charge in [-0.25, -0.2) is 4.99 Å². The molecule has 3 amide bonds. The molecular weight excluding hydrogens is 560 g/mol. The number of benzene rings is 2. The second-order valence-electron chi connectivity index (χ2n) is 12.2. The first kappa shape index (κ1) is 29.7. The smallest absolute Gasteiger partial charge is 0.251 e. The van der Waals surface area contributed by atoms with Gasteiger partial charge < -0.3 is 31.4 Å². The average molecular weight is 599 g/mol. The summed E-state index contributed by atoms with van der Waals surface area (Å²) < 4.78 is 0. The third-order valence-corrected chi connectivity index (χ3v) is 9.50. The number of carbonyl (C=O) groups is 3. The molecule has 230 valence electrons. The van der Waals surface area contributed by atoms with Crippen LogP contribution in [0, 0.1) is 17.2 Å². The number of likely N-dealkylation sites (tertiary alicyclic amines) is 1. The summed E-state index contributed by atoms with van der Waals surface area (Å²) in [5.74, 6) is 0.467. The van der Waals surface area contributed by atoms with Gasteiger partial charge in [-0.3, -0.25) is 14.4 Å². The van der Waals surface area contributed by atoms with E-state index >= 15 is 0 Å². The SMILES string of the molecule is CNC(=O)c1ccc2c(c1)CCc1cc(C(=O)NC)ccc1C2(C[C@H](C)NCC(=O)N1C(C#N)C[C@@H]2C[C@@H]21)C1=NC(O)NN1. The molecule has 12 heteroatoms. The number of amidine groups is 1. The molecule has 2 aliphatic heterocycles. The topological polar surface area (TPSA) is 171 Å². The van der Waals surface area contributed by atoms with Crippen molar-refractivity contribution in [2.45, 2.75) is 68.9 Å². The molecule has 44 heavy (non-hydrogen) atoms. The first-order chi connectivity index (χ1) is 21.2. The van der Waals surface area contributed by atoms with E-state index in [2.05, 4.69) is 37.9 Å². The summed E-state index contributed by atoms with van der Waals surface area (Å²) in [6, 6.07) is 13.1. The molecule has 6 rings (SSSR count). The highest BCUT2D eigenvalue weighted by Crippen LogP contribution is 2.48. The Morgan fingerprint density at radius 3 is 2.20 bits per heavy atom. The Hall–Kier alpha value is -4.31. The summed E-state index contributed by atoms with van der Waals surface area (Å²) in [6.07, 6.45) is 2.21. The van der Waals surface area contributed by atoms with Crippen molar-refractivity contribution in [1.82, 2.24) is 31.7 Å². The number of aliphatic hydroxyl groups is 1. The van der Waals surface area contributed by atoms with E-state index in [0.717, 1.165) is 35.1 Å². The maximum atomic E-state index is 13.3. The fourth-order valence-corrected chi connectivity index (χ4v) is 7.34. The van der Waals surface area contributed by atoms with Gasteiger partial charge >= 0.3 is 0 Å². The van der Waals surface area contributed by atoms with Crippen LogP contribution < -0.4 is 26.8 Å². The minimum absolute atomic E-state index is 0.0806. The van der Waals surface area contributed by atoms with Crippen LogP contribution in [0.25, 0.3) is 0 Å². The van der Waals surface area contributed by atoms with E-state index in [0.29, 0.717) is 42.1 Å². The van der Waals surface area contributed by atoms with Crippen LogP contribution in [0.2, 0.25) is 0 Å². The number of carbonyl (C=O) groups excluding carboxylic acids is 3. The summed E-state index contributed by atoms with van der Waals surface area (Å²) >= 11 is 0. The number of amides is 3. The fourth-order valence-electron chi connectivity index (χ4n) is 7.34. The van der Waals surface area contributed by atoms with Gasteiger partial charge in [0.15, 0.2) is 0 Å². The average Bonchev–Trinajstić information content (AvgIpc) is 3.53. The van der Waals surface area contributed by atoms with E-state index in [1.807, 2.05) is 31.2 Å². The largest absolute Gasteiger partial charge is 0.358 e. The normalized spacial score (nSPS) is 24.8. The van der Waals surface area contributed by atoms with Crippen molar-refractivity contribution in [3.05, 3.63) is 69.8 Å². The highest BCUT2D eigenvalue weighted by atomic mass is 16.3. The molecule has 2 aliphatic carbocycles. The monoisotopic (exact) mass is 598 g/mol. The summed E-state index contributed by atoms with van der Waals surface area (Å²) in [5, 5.41) is 28.9. The zero-order chi connectivity index (χ0) is 31.2. The quantitative estimate of drug-likeness (QED) is 0.254. The summed E-state index contributed by atoms with van der Waals surface area (Å²) in [4.78, 5) is 44.9. The van der Waals surface area contributed by atoms with Gasteiger partial charge in [-0.1, -0.05) is 12.1 Å². The number of aliphatic imine (C=N–C) groups is 1. The molecule has 6 N–H and O–H groups in total. The number of hydrogen-bond acceptors (Lipinski definition) is 9. The van der Waals surface area contributed by atoms with E-state index in [-0.39, 0.29) is 42.4 Å². The fraction of sp³-hybridized carbons (Fsp3) is 0.469. The van der Waals surface area contributed by atoms with Crippen LogP contribution in [0.5, 0.6) is 0 Å². The first-order valence-corrected chi connectivity index (χ1v) is 15.1. The molecule has 4 aliphatic rings. The predicted octanol–water partition coefficient (Wildman–Crippen LogP) is 0.454. The van der Waals surface area contributed by atoms with Crippen LogP contribution >= 0.6 is 0 Å². The van der Waals surface area contributed by atoms with Crippen LogP contribution in [0.1, 0.15) is 69.2 Å². The number of hydrazine groups is 1. The number of rotatable bonds is 8. The van der Waals surface area contributed by atoms with Gasteiger partial charge in [0.05, 0.1) is 18.0 Å². The molecule has 0 aromatic heterocycles. The Bertz CT molecular complexity index is 1510. The molecule has 2 aromatic carbocycles. The van der Waals surface area contributed by atoms with Gasteiger partial charge in [-0.05, 0) is 91.5 Å². The second-order valence-corrected chi connectivity index (χ2v) is 12.2. The third kappa shape index (κ3) is 5.11. The number of fused-ring (bicyclic) bond motifs is 3. The van der Waals surface area contributed by atoms with E-state index in [1.54, 1.807) is 31.1 Å². The molecule has 1 saturated carbocycles. The number of aliphatic hydroxyl groups excluding tert-OH is 1. The first-order valence-electron chi connectivity index (χ1n) is 15.1. The van der Waals surface area contributed by atoms with E-state index in [4.69, 9.17) is 0 Å². The lowest BCUT2D eigenvalue weighted by atomic mass is 9.67. The lowest BCUT2D eigenvalue weighted by Gasteiger charge is -2.39. The molecule has 0 bridgehead atoms. The molecule has 5 atom stereocenters. The van der Waals surface area contributed by atoms with E-state index in [1.165, 1.54) is 0 Å². The highest BCUT2D eigenvalue weighted by Gasteiger charge is 2.54. The standard InChI is InChI=1S/C32H38N8O4/c1-17(36-16-27(41)40-23(15-33)12-22-13-26(22)40)14-32(30-37-31(44)39-38-30)24-8-6-20(28(42)34-2)10-18(24)4-5-19-11-21(29(43)35-3)7-9-25(19)32/h6-11,17,22-23,26,31,36,39,44H,4-5,12-14,16H2,1-3H3,(H,34,42)(H,35,43)(H,37,38)/t17-,22+,23?,26-,31?/m0/s1. The molecule has 2 fully saturated rings. The third-order valence-electron chi connectivity index (χ3n) is 9.50. The second kappa shape index (κ2) is 11.6. The predicted molar refractivity (Wildman–Crippen MR) is 162 cm³/mol. The number of hydrogen-bond donors (Lipinski definition) is 6. The number of nitrogens with zero attached hydrogens (tertiary/aromatic N) is 3. The Morgan fingerprint density at radius 1 is 1.07 bits per heavy atom. The van der Waals surface area contributed by atoms with E-state index < -0.39 is 11.8 Å². The maximum absolute atomic E-state index is 13.3. The molecular formula is C32H38N8O4. The molecule has 2 unspecified atom stereocenters. The Labute approximate surface area is 256 Å². The number of piperidine rings is 1. The van der Waals surface area contributed by atoms with Crippen molar-refractivity contribution in [3.63, 3.8) is 0 Å². The maximum Gasteiger partial charge on any atom is 0.251 e. The highest BCUT2D eigenvalue weighted by molar-refractivity contribution is 6.00. The Kier molecular flexibility index (Phi) is 7.88. The minimum atomic E-state index is -1.17. The van der Waals surface area contributed by atoms with Crippen molar-refractivity contribution >= 4 is 23.6 Å². The number of nitrogens with one attached hydrogen (secondary N) is 5. The van der Waals surface area contributed by atoms with Crippen molar-refractivity contribution in [2.75, 3.05) is 20.6 Å². The van der Waals surface area contributed by atoms with Gasteiger partial charge in [0.1, 0.15) is 11.9 Å². The molecule has 0 spiro atoms. The summed E-state index contributed by atoms with van der Waals surface area (Å²) in [5.41, 5.74) is 9.78. The zero-order valence-electron chi connectivity index (χ0n) is 25.1. The van der Waals surface area contributed by atoms with Crippen LogP contribution in [-0.2, 0) is 23.1 Å². The minimum Gasteiger partial charge on any atom is -0.358 e. The Morgan fingerprint density at radius 2 is 1.68 bits per heavy atom. The van der Waals surface area contributed by atoms with Gasteiger partial charge in [-0.15, -0.1) is 0 Å². The molecule has 1 saturated heterocycles. The van der Waals surface area contributed by atoms with Crippen LogP contribution in [0.4, 0.5) is 0 Å². The van der Waals surface area contributed by atoms with Crippen molar-refractivity contribution in [3.8, 4) is 6.07 Å². The van der Waals surface area contributed by atoms with Crippen molar-refractivity contribution in [1.29, 1.82) is 5.26 Å². The van der Waals surface area contributed by atoms with E-state index in [9.17, 15) is 24.8 Å². The lowest BCUT2D eigenvalue weighted by molar-refractivity contribution is -0.131. The summed E-state index contributed by atoms with van der Waals surface area (Å²) in [6.45, 7) is 2.09. The number of aryl methyl sites for hydroxylation is 2. The van der Waals surface area contributed by atoms with Gasteiger partial charge in [0.2, 0.25) is 12.3 Å². The Balaban J connectivity index is 1.42. The van der Waals surface area contributed by atoms with Crippen LogP contribution in [0.3, 0.4) is 0 Å².